The maximum absolute atomic E-state index is 12.6. The number of carbonyl (C=O) groups is 2. The zero-order chi connectivity index (χ0) is 20.9. The zero-order valence-electron chi connectivity index (χ0n) is 17.1. The van der Waals surface area contributed by atoms with Gasteiger partial charge < -0.3 is 25.1 Å². The van der Waals surface area contributed by atoms with Gasteiger partial charge in [0.2, 0.25) is 0 Å². The molecular formula is C23H28N4O3. The van der Waals surface area contributed by atoms with E-state index in [4.69, 9.17) is 5.11 Å². The first-order valence-electron chi connectivity index (χ1n) is 10.5. The summed E-state index contributed by atoms with van der Waals surface area (Å²) >= 11 is 0. The molecule has 7 nitrogen and oxygen atoms in total. The number of carboxylic acid groups (broad SMARTS) is 1. The molecule has 0 bridgehead atoms. The van der Waals surface area contributed by atoms with Gasteiger partial charge in [0.05, 0.1) is 0 Å². The van der Waals surface area contributed by atoms with E-state index in [1.165, 1.54) is 23.4 Å². The number of nitrogens with one attached hydrogen (secondary N) is 1. The Bertz CT molecular complexity index is 886. The van der Waals surface area contributed by atoms with Crippen LogP contribution in [0, 0.1) is 0 Å². The summed E-state index contributed by atoms with van der Waals surface area (Å²) in [6, 6.07) is 15.9. The highest BCUT2D eigenvalue weighted by Crippen LogP contribution is 2.21. The third-order valence-electron chi connectivity index (χ3n) is 5.88. The van der Waals surface area contributed by atoms with Gasteiger partial charge in [0, 0.05) is 62.8 Å². The van der Waals surface area contributed by atoms with Crippen LogP contribution < -0.4 is 15.1 Å². The van der Waals surface area contributed by atoms with Gasteiger partial charge in [0.25, 0.3) is 5.91 Å². The van der Waals surface area contributed by atoms with Crippen LogP contribution >= 0.6 is 0 Å². The van der Waals surface area contributed by atoms with Crippen molar-refractivity contribution in [2.24, 2.45) is 0 Å². The van der Waals surface area contributed by atoms with Gasteiger partial charge in [0.1, 0.15) is 0 Å². The van der Waals surface area contributed by atoms with E-state index >= 15 is 0 Å². The molecule has 2 aromatic carbocycles. The van der Waals surface area contributed by atoms with E-state index in [-0.39, 0.29) is 5.91 Å². The molecule has 2 aliphatic rings. The van der Waals surface area contributed by atoms with Crippen LogP contribution in [0.2, 0.25) is 0 Å². The number of hydrogen-bond acceptors (Lipinski definition) is 4. The normalized spacial score (nSPS) is 16.6. The number of carbonyl (C=O) groups excluding carboxylic acids is 1. The summed E-state index contributed by atoms with van der Waals surface area (Å²) in [4.78, 5) is 29.5. The average molecular weight is 409 g/mol. The molecule has 4 rings (SSSR count). The van der Waals surface area contributed by atoms with E-state index in [1.807, 2.05) is 36.4 Å². The summed E-state index contributed by atoms with van der Waals surface area (Å²) in [6.45, 7) is 5.01. The number of amides is 2. The lowest BCUT2D eigenvalue weighted by Crippen LogP contribution is -2.48. The molecule has 0 aromatic heterocycles. The Labute approximate surface area is 176 Å². The quantitative estimate of drug-likeness (QED) is 0.795. The van der Waals surface area contributed by atoms with Gasteiger partial charge in [-0.25, -0.2) is 4.79 Å². The molecule has 0 spiro atoms. The van der Waals surface area contributed by atoms with Gasteiger partial charge in [0.15, 0.2) is 0 Å². The van der Waals surface area contributed by atoms with Crippen LogP contribution in [0.1, 0.15) is 28.8 Å². The number of piperazine rings is 1. The van der Waals surface area contributed by atoms with Crippen LogP contribution in [0.15, 0.2) is 48.5 Å². The summed E-state index contributed by atoms with van der Waals surface area (Å²) in [5, 5.41) is 12.1. The van der Waals surface area contributed by atoms with Crippen LogP contribution in [0.4, 0.5) is 16.2 Å². The molecular weight excluding hydrogens is 380 g/mol. The van der Waals surface area contributed by atoms with Crippen molar-refractivity contribution >= 4 is 23.4 Å². The first-order chi connectivity index (χ1) is 14.6. The molecule has 2 heterocycles. The smallest absolute Gasteiger partial charge is 0.407 e. The highest BCUT2D eigenvalue weighted by atomic mass is 16.4. The fourth-order valence-electron chi connectivity index (χ4n) is 4.10. The molecule has 2 aliphatic heterocycles. The molecule has 158 valence electrons. The lowest BCUT2D eigenvalue weighted by atomic mass is 10.1. The second kappa shape index (κ2) is 9.07. The standard InChI is InChI=1S/C23H28N4O3/c28-22(24-17-18-4-3-5-21(16-18)25-10-1-2-11-25)19-6-8-20(9-7-19)26-12-14-27(15-13-26)23(29)30/h3-9,16H,1-2,10-15,17H2,(H,24,28)(H,29,30). The van der Waals surface area contributed by atoms with Crippen LogP contribution in [-0.2, 0) is 6.54 Å². The van der Waals surface area contributed by atoms with Crippen molar-refractivity contribution in [1.29, 1.82) is 0 Å². The van der Waals surface area contributed by atoms with Crippen LogP contribution in [0.25, 0.3) is 0 Å². The van der Waals surface area contributed by atoms with Crippen molar-refractivity contribution in [3.63, 3.8) is 0 Å². The second-order valence-corrected chi connectivity index (χ2v) is 7.85. The number of benzene rings is 2. The van der Waals surface area contributed by atoms with E-state index in [0.29, 0.717) is 38.3 Å². The molecule has 7 heteroatoms. The fraction of sp³-hybridized carbons (Fsp3) is 0.391. The largest absolute Gasteiger partial charge is 0.465 e. The second-order valence-electron chi connectivity index (χ2n) is 7.85. The van der Waals surface area contributed by atoms with Gasteiger partial charge in [-0.15, -0.1) is 0 Å². The van der Waals surface area contributed by atoms with Crippen molar-refractivity contribution in [1.82, 2.24) is 10.2 Å². The van der Waals surface area contributed by atoms with Crippen LogP contribution in [-0.4, -0.2) is 61.3 Å². The molecule has 2 aromatic rings. The summed E-state index contributed by atoms with van der Waals surface area (Å²) in [7, 11) is 0. The van der Waals surface area contributed by atoms with E-state index in [0.717, 1.165) is 24.3 Å². The first kappa shape index (κ1) is 20.1. The van der Waals surface area contributed by atoms with Crippen LogP contribution in [0.5, 0.6) is 0 Å². The predicted molar refractivity (Wildman–Crippen MR) is 117 cm³/mol. The monoisotopic (exact) mass is 408 g/mol. The number of nitrogens with zero attached hydrogens (tertiary/aromatic N) is 3. The predicted octanol–water partition coefficient (Wildman–Crippen LogP) is 3.02. The minimum atomic E-state index is -0.868. The highest BCUT2D eigenvalue weighted by Gasteiger charge is 2.20. The third-order valence-corrected chi connectivity index (χ3v) is 5.88. The van der Waals surface area contributed by atoms with Gasteiger partial charge >= 0.3 is 6.09 Å². The SMILES string of the molecule is O=C(NCc1cccc(N2CCCC2)c1)c1ccc(N2CCN(C(=O)O)CC2)cc1. The summed E-state index contributed by atoms with van der Waals surface area (Å²) in [5.41, 5.74) is 3.96. The molecule has 0 atom stereocenters. The lowest BCUT2D eigenvalue weighted by molar-refractivity contribution is 0.0950. The maximum Gasteiger partial charge on any atom is 0.407 e. The first-order valence-corrected chi connectivity index (χ1v) is 10.5. The number of hydrogen-bond donors (Lipinski definition) is 2. The Balaban J connectivity index is 1.31. The minimum Gasteiger partial charge on any atom is -0.465 e. The Kier molecular flexibility index (Phi) is 6.07. The van der Waals surface area contributed by atoms with E-state index in [2.05, 4.69) is 27.2 Å². The lowest BCUT2D eigenvalue weighted by Gasteiger charge is -2.34. The Hall–Kier alpha value is -3.22. The summed E-state index contributed by atoms with van der Waals surface area (Å²) < 4.78 is 0. The molecule has 0 aliphatic carbocycles. The molecule has 2 fully saturated rings. The molecule has 0 radical (unpaired) electrons. The van der Waals surface area contributed by atoms with Crippen molar-refractivity contribution in [2.75, 3.05) is 49.1 Å². The highest BCUT2D eigenvalue weighted by molar-refractivity contribution is 5.94. The molecule has 2 amide bonds. The maximum atomic E-state index is 12.6. The topological polar surface area (TPSA) is 76.1 Å². The minimum absolute atomic E-state index is 0.0937. The number of anilines is 2. The molecule has 30 heavy (non-hydrogen) atoms. The Morgan fingerprint density at radius 1 is 0.833 bits per heavy atom. The van der Waals surface area contributed by atoms with Gasteiger partial charge in [-0.05, 0) is 54.8 Å². The number of rotatable bonds is 5. The third kappa shape index (κ3) is 4.67. The van der Waals surface area contributed by atoms with Crippen molar-refractivity contribution < 1.29 is 14.7 Å². The molecule has 0 unspecified atom stereocenters. The summed E-state index contributed by atoms with van der Waals surface area (Å²) in [6.07, 6.45) is 1.62. The molecule has 0 saturated carbocycles. The molecule has 2 N–H and O–H groups in total. The van der Waals surface area contributed by atoms with E-state index in [9.17, 15) is 9.59 Å². The van der Waals surface area contributed by atoms with Crippen molar-refractivity contribution in [3.05, 3.63) is 59.7 Å². The van der Waals surface area contributed by atoms with E-state index in [1.54, 1.807) is 0 Å². The molecule has 2 saturated heterocycles. The van der Waals surface area contributed by atoms with Gasteiger partial charge in [-0.2, -0.15) is 0 Å². The van der Waals surface area contributed by atoms with E-state index < -0.39 is 6.09 Å². The summed E-state index contributed by atoms with van der Waals surface area (Å²) in [5.74, 6) is -0.0937. The fourth-order valence-corrected chi connectivity index (χ4v) is 4.10. The van der Waals surface area contributed by atoms with Gasteiger partial charge in [-0.1, -0.05) is 12.1 Å². The Morgan fingerprint density at radius 3 is 2.17 bits per heavy atom. The van der Waals surface area contributed by atoms with Crippen molar-refractivity contribution in [2.45, 2.75) is 19.4 Å². The van der Waals surface area contributed by atoms with Crippen LogP contribution in [0.3, 0.4) is 0 Å². The Morgan fingerprint density at radius 2 is 1.50 bits per heavy atom. The zero-order valence-corrected chi connectivity index (χ0v) is 17.1. The van der Waals surface area contributed by atoms with Crippen molar-refractivity contribution in [3.8, 4) is 0 Å². The van der Waals surface area contributed by atoms with Gasteiger partial charge in [-0.3, -0.25) is 4.79 Å². The average Bonchev–Trinajstić information content (AvgIpc) is 3.33.